The molecule has 1 N–H and O–H groups in total. The normalized spacial score (nSPS) is 12.9. The minimum atomic E-state index is -0.0700. The van der Waals surface area contributed by atoms with Crippen LogP contribution in [0.4, 0.5) is 0 Å². The molecule has 0 aliphatic heterocycles. The minimum absolute atomic E-state index is 0.0700. The van der Waals surface area contributed by atoms with E-state index in [9.17, 15) is 4.79 Å². The lowest BCUT2D eigenvalue weighted by Crippen LogP contribution is -2.31. The van der Waals surface area contributed by atoms with E-state index in [4.69, 9.17) is 4.42 Å². The summed E-state index contributed by atoms with van der Waals surface area (Å²) in [6.45, 7) is 8.49. The molecule has 1 rings (SSSR count). The summed E-state index contributed by atoms with van der Waals surface area (Å²) in [6, 6.07) is 1.77. The van der Waals surface area contributed by atoms with Crippen molar-refractivity contribution in [1.29, 1.82) is 0 Å². The Balaban J connectivity index is 2.56. The zero-order valence-corrected chi connectivity index (χ0v) is 11.7. The van der Waals surface area contributed by atoms with Gasteiger partial charge in [0, 0.05) is 11.4 Å². The molecule has 1 atom stereocenters. The molecule has 0 saturated heterocycles. The Morgan fingerprint density at radius 2 is 2.12 bits per heavy atom. The van der Waals surface area contributed by atoms with Crippen LogP contribution in [0.2, 0.25) is 0 Å². The van der Waals surface area contributed by atoms with Gasteiger partial charge in [-0.3, -0.25) is 4.79 Å². The molecule has 0 bridgehead atoms. The van der Waals surface area contributed by atoms with Gasteiger partial charge in [-0.05, 0) is 25.8 Å². The van der Waals surface area contributed by atoms with Crippen LogP contribution in [0.3, 0.4) is 0 Å². The molecule has 0 aliphatic carbocycles. The van der Waals surface area contributed by atoms with E-state index in [1.165, 1.54) is 0 Å². The van der Waals surface area contributed by atoms with Crippen molar-refractivity contribution in [2.45, 2.75) is 32.5 Å². The zero-order valence-electron chi connectivity index (χ0n) is 10.1. The quantitative estimate of drug-likeness (QED) is 0.865. The van der Waals surface area contributed by atoms with Crippen LogP contribution in [-0.2, 0) is 0 Å². The highest BCUT2D eigenvalue weighted by atomic mass is 79.9. The number of rotatable bonds is 4. The first-order valence-electron chi connectivity index (χ1n) is 5.41. The van der Waals surface area contributed by atoms with Gasteiger partial charge in [-0.1, -0.05) is 29.8 Å². The van der Waals surface area contributed by atoms with Crippen LogP contribution in [0, 0.1) is 19.8 Å². The second-order valence-corrected chi connectivity index (χ2v) is 5.47. The molecule has 16 heavy (non-hydrogen) atoms. The Kier molecular flexibility index (Phi) is 4.59. The van der Waals surface area contributed by atoms with Crippen molar-refractivity contribution >= 4 is 21.8 Å². The van der Waals surface area contributed by atoms with Gasteiger partial charge in [0.05, 0.1) is 5.56 Å². The maximum Gasteiger partial charge on any atom is 0.254 e. The van der Waals surface area contributed by atoms with Crippen molar-refractivity contribution in [3.05, 3.63) is 23.2 Å². The fourth-order valence-electron chi connectivity index (χ4n) is 1.38. The van der Waals surface area contributed by atoms with Gasteiger partial charge in [-0.2, -0.15) is 0 Å². The lowest BCUT2D eigenvalue weighted by molar-refractivity contribution is 0.0951. The smallest absolute Gasteiger partial charge is 0.254 e. The Labute approximate surface area is 105 Å². The zero-order chi connectivity index (χ0) is 12.3. The van der Waals surface area contributed by atoms with Crippen molar-refractivity contribution in [2.75, 3.05) is 6.54 Å². The summed E-state index contributed by atoms with van der Waals surface area (Å²) in [5.74, 6) is 1.86. The molecule has 0 saturated carbocycles. The van der Waals surface area contributed by atoms with Crippen molar-refractivity contribution in [1.82, 2.24) is 5.32 Å². The number of halogens is 1. The van der Waals surface area contributed by atoms with Gasteiger partial charge in [0.25, 0.3) is 5.91 Å². The lowest BCUT2D eigenvalue weighted by Gasteiger charge is -2.14. The molecule has 0 fully saturated rings. The molecule has 1 aromatic rings. The van der Waals surface area contributed by atoms with Crippen molar-refractivity contribution in [3.8, 4) is 0 Å². The third-order valence-electron chi connectivity index (χ3n) is 2.47. The Morgan fingerprint density at radius 1 is 1.50 bits per heavy atom. The number of furan rings is 1. The van der Waals surface area contributed by atoms with E-state index in [0.717, 1.165) is 5.76 Å². The average molecular weight is 288 g/mol. The molecule has 4 heteroatoms. The Hall–Kier alpha value is -0.770. The average Bonchev–Trinajstić information content (AvgIpc) is 2.53. The summed E-state index contributed by atoms with van der Waals surface area (Å²) >= 11 is 3.53. The second kappa shape index (κ2) is 5.53. The summed E-state index contributed by atoms with van der Waals surface area (Å²) in [4.78, 5) is 12.1. The van der Waals surface area contributed by atoms with Crippen LogP contribution >= 0.6 is 15.9 Å². The number of aryl methyl sites for hydroxylation is 2. The van der Waals surface area contributed by atoms with E-state index < -0.39 is 0 Å². The lowest BCUT2D eigenvalue weighted by atomic mass is 10.1. The molecule has 1 aromatic heterocycles. The Bertz CT molecular complexity index is 371. The standard InChI is InChI=1S/C12H18BrNO2/c1-7(2)11(13)6-14-12(15)10-5-8(3)16-9(10)4/h5,7,11H,6H2,1-4H3,(H,14,15). The first-order chi connectivity index (χ1) is 7.41. The first kappa shape index (κ1) is 13.3. The highest BCUT2D eigenvalue weighted by molar-refractivity contribution is 9.09. The highest BCUT2D eigenvalue weighted by Crippen LogP contribution is 2.14. The van der Waals surface area contributed by atoms with Gasteiger partial charge in [0.2, 0.25) is 0 Å². The van der Waals surface area contributed by atoms with Crippen molar-refractivity contribution < 1.29 is 9.21 Å². The van der Waals surface area contributed by atoms with Crippen LogP contribution in [0.5, 0.6) is 0 Å². The van der Waals surface area contributed by atoms with Gasteiger partial charge < -0.3 is 9.73 Å². The van der Waals surface area contributed by atoms with Gasteiger partial charge in [0.1, 0.15) is 11.5 Å². The predicted molar refractivity (Wildman–Crippen MR) is 68.1 cm³/mol. The topological polar surface area (TPSA) is 42.2 Å². The van der Waals surface area contributed by atoms with E-state index in [-0.39, 0.29) is 5.91 Å². The number of carbonyl (C=O) groups is 1. The molecular formula is C12H18BrNO2. The molecule has 1 unspecified atom stereocenters. The van der Waals surface area contributed by atoms with Crippen LogP contribution in [0.25, 0.3) is 0 Å². The number of nitrogens with one attached hydrogen (secondary N) is 1. The molecular weight excluding hydrogens is 270 g/mol. The van der Waals surface area contributed by atoms with E-state index in [2.05, 4.69) is 35.1 Å². The molecule has 90 valence electrons. The molecule has 3 nitrogen and oxygen atoms in total. The first-order valence-corrected chi connectivity index (χ1v) is 6.32. The monoisotopic (exact) mass is 287 g/mol. The summed E-state index contributed by atoms with van der Waals surface area (Å²) in [5.41, 5.74) is 0.626. The summed E-state index contributed by atoms with van der Waals surface area (Å²) in [6.07, 6.45) is 0. The number of hydrogen-bond acceptors (Lipinski definition) is 2. The molecule has 0 aromatic carbocycles. The number of carbonyl (C=O) groups excluding carboxylic acids is 1. The van der Waals surface area contributed by atoms with Crippen LogP contribution < -0.4 is 5.32 Å². The SMILES string of the molecule is Cc1cc(C(=O)NCC(Br)C(C)C)c(C)o1. The second-order valence-electron chi connectivity index (χ2n) is 4.30. The fourth-order valence-corrected chi connectivity index (χ4v) is 1.54. The van der Waals surface area contributed by atoms with Crippen LogP contribution in [0.15, 0.2) is 10.5 Å². The molecule has 0 radical (unpaired) electrons. The van der Waals surface area contributed by atoms with Gasteiger partial charge in [0.15, 0.2) is 0 Å². The third kappa shape index (κ3) is 3.37. The molecule has 1 amide bonds. The van der Waals surface area contributed by atoms with Crippen molar-refractivity contribution in [3.63, 3.8) is 0 Å². The van der Waals surface area contributed by atoms with E-state index >= 15 is 0 Å². The molecule has 1 heterocycles. The van der Waals surface area contributed by atoms with E-state index in [1.54, 1.807) is 13.0 Å². The van der Waals surface area contributed by atoms with Gasteiger partial charge in [-0.25, -0.2) is 0 Å². The molecule has 0 aliphatic rings. The Morgan fingerprint density at radius 3 is 2.56 bits per heavy atom. The van der Waals surface area contributed by atoms with Gasteiger partial charge in [-0.15, -0.1) is 0 Å². The summed E-state index contributed by atoms with van der Waals surface area (Å²) in [7, 11) is 0. The largest absolute Gasteiger partial charge is 0.466 e. The van der Waals surface area contributed by atoms with Gasteiger partial charge >= 0.3 is 0 Å². The minimum Gasteiger partial charge on any atom is -0.466 e. The number of amides is 1. The number of alkyl halides is 1. The predicted octanol–water partition coefficient (Wildman–Crippen LogP) is 3.05. The molecule has 0 spiro atoms. The van der Waals surface area contributed by atoms with Crippen LogP contribution in [-0.4, -0.2) is 17.3 Å². The number of hydrogen-bond donors (Lipinski definition) is 1. The maximum absolute atomic E-state index is 11.8. The third-order valence-corrected chi connectivity index (χ3v) is 3.85. The fraction of sp³-hybridized carbons (Fsp3) is 0.583. The van der Waals surface area contributed by atoms with Crippen molar-refractivity contribution in [2.24, 2.45) is 5.92 Å². The van der Waals surface area contributed by atoms with E-state index in [1.807, 2.05) is 6.92 Å². The maximum atomic E-state index is 11.8. The summed E-state index contributed by atoms with van der Waals surface area (Å²) in [5, 5.41) is 2.89. The van der Waals surface area contributed by atoms with E-state index in [0.29, 0.717) is 28.6 Å². The highest BCUT2D eigenvalue weighted by Gasteiger charge is 2.15. The summed E-state index contributed by atoms with van der Waals surface area (Å²) < 4.78 is 5.32. The van der Waals surface area contributed by atoms with Crippen LogP contribution in [0.1, 0.15) is 35.7 Å².